The van der Waals surface area contributed by atoms with E-state index in [9.17, 15) is 39.3 Å². The molecule has 1 aromatic rings. The highest BCUT2D eigenvalue weighted by molar-refractivity contribution is 6.31. The number of ketones is 4. The van der Waals surface area contributed by atoms with E-state index in [1.54, 1.807) is 12.1 Å². The van der Waals surface area contributed by atoms with Gasteiger partial charge in [0.25, 0.3) is 0 Å². The monoisotopic (exact) mass is 440 g/mol. The van der Waals surface area contributed by atoms with Crippen molar-refractivity contribution < 1.29 is 39.3 Å². The lowest BCUT2D eigenvalue weighted by Crippen LogP contribution is -2.72. The molecule has 4 rings (SSSR count). The number of aliphatic hydroxyl groups excluding tert-OH is 1. The van der Waals surface area contributed by atoms with Gasteiger partial charge in [0.1, 0.15) is 5.75 Å². The highest BCUT2D eigenvalue weighted by Gasteiger charge is 2.69. The number of aliphatic hydroxyl groups is 2. The Kier molecular flexibility index (Phi) is 4.99. The number of nitrogens with zero attached hydrogens (tertiary/aromatic N) is 1. The molecule has 0 radical (unpaired) electrons. The number of benzene rings is 1. The molecule has 3 aliphatic rings. The molecule has 0 aromatic heterocycles. The van der Waals surface area contributed by atoms with Gasteiger partial charge in [0.05, 0.1) is 23.7 Å². The van der Waals surface area contributed by atoms with Crippen LogP contribution in [0.4, 0.5) is 0 Å². The third-order valence-electron chi connectivity index (χ3n) is 6.98. The smallest absolute Gasteiger partial charge is 0.235 e. The normalized spacial score (nSPS) is 33.7. The minimum atomic E-state index is -2.92. The van der Waals surface area contributed by atoms with Crippen LogP contribution in [0, 0.1) is 35.0 Å². The summed E-state index contributed by atoms with van der Waals surface area (Å²) in [5, 5.41) is 41.5. The van der Waals surface area contributed by atoms with E-state index in [4.69, 9.17) is 11.0 Å². The number of Topliss-reactive ketones (excluding diaryl/α,β-unsaturated/α-hetero) is 4. The third-order valence-corrected chi connectivity index (χ3v) is 6.98. The number of primary amides is 1. The van der Waals surface area contributed by atoms with Gasteiger partial charge in [0, 0.05) is 24.7 Å². The Morgan fingerprint density at radius 2 is 1.88 bits per heavy atom. The Labute approximate surface area is 181 Å². The Morgan fingerprint density at radius 3 is 2.50 bits per heavy atom. The van der Waals surface area contributed by atoms with E-state index in [-0.39, 0.29) is 24.8 Å². The molecule has 32 heavy (non-hydrogen) atoms. The predicted octanol–water partition coefficient (Wildman–Crippen LogP) is -1.25. The summed E-state index contributed by atoms with van der Waals surface area (Å²) in [4.78, 5) is 63.5. The van der Waals surface area contributed by atoms with Gasteiger partial charge in [-0.1, -0.05) is 12.1 Å². The van der Waals surface area contributed by atoms with Crippen molar-refractivity contribution in [1.82, 2.24) is 0 Å². The summed E-state index contributed by atoms with van der Waals surface area (Å²) >= 11 is 0. The number of aryl methyl sites for hydroxylation is 1. The molecule has 6 atom stereocenters. The number of rotatable bonds is 3. The molecule has 0 aliphatic heterocycles. The maximum absolute atomic E-state index is 13.3. The average molecular weight is 440 g/mol. The lowest BCUT2D eigenvalue weighted by Gasteiger charge is -2.51. The summed E-state index contributed by atoms with van der Waals surface area (Å²) < 4.78 is 0. The second kappa shape index (κ2) is 7.32. The van der Waals surface area contributed by atoms with Crippen LogP contribution in [0.15, 0.2) is 12.1 Å². The number of hydrogen-bond acceptors (Lipinski definition) is 9. The summed E-state index contributed by atoms with van der Waals surface area (Å²) in [5.74, 6) is -12.4. The SMILES string of the molecule is N#CCCc1ccc2c(c1O)C(=O)C1C(=O)[C@]3(O)C(=O)C(C(N)=O)C(=O)C[C@@H]3[C@@H](O)[C@@H]1C2. The topological polar surface area (TPSA) is 196 Å². The second-order valence-electron chi connectivity index (χ2n) is 8.57. The van der Waals surface area contributed by atoms with Gasteiger partial charge in [-0.2, -0.15) is 5.26 Å². The molecule has 0 spiro atoms. The molecular weight excluding hydrogens is 420 g/mol. The van der Waals surface area contributed by atoms with Crippen LogP contribution in [-0.2, 0) is 32.0 Å². The molecule has 3 aliphatic carbocycles. The van der Waals surface area contributed by atoms with Crippen molar-refractivity contribution in [3.63, 3.8) is 0 Å². The molecule has 5 N–H and O–H groups in total. The largest absolute Gasteiger partial charge is 0.507 e. The van der Waals surface area contributed by atoms with E-state index in [2.05, 4.69) is 0 Å². The van der Waals surface area contributed by atoms with Gasteiger partial charge in [-0.25, -0.2) is 0 Å². The maximum Gasteiger partial charge on any atom is 0.235 e. The van der Waals surface area contributed by atoms with Crippen LogP contribution in [0.1, 0.15) is 34.3 Å². The maximum atomic E-state index is 13.3. The van der Waals surface area contributed by atoms with E-state index < -0.39 is 76.6 Å². The molecular formula is C22H20N2O8. The van der Waals surface area contributed by atoms with Crippen molar-refractivity contribution in [2.24, 2.45) is 29.4 Å². The van der Waals surface area contributed by atoms with E-state index in [1.165, 1.54) is 0 Å². The molecule has 0 bridgehead atoms. The first-order valence-corrected chi connectivity index (χ1v) is 10.1. The van der Waals surface area contributed by atoms with Crippen LogP contribution in [0.2, 0.25) is 0 Å². The van der Waals surface area contributed by atoms with E-state index in [0.29, 0.717) is 11.1 Å². The fourth-order valence-electron chi connectivity index (χ4n) is 5.39. The first kappa shape index (κ1) is 21.8. The molecule has 10 heteroatoms. The van der Waals surface area contributed by atoms with Gasteiger partial charge in [0.2, 0.25) is 5.91 Å². The van der Waals surface area contributed by atoms with Crippen LogP contribution < -0.4 is 5.73 Å². The Morgan fingerprint density at radius 1 is 1.19 bits per heavy atom. The first-order chi connectivity index (χ1) is 15.0. The number of amides is 1. The lowest BCUT2D eigenvalue weighted by molar-refractivity contribution is -0.188. The summed E-state index contributed by atoms with van der Waals surface area (Å²) in [6.45, 7) is 0. The molecule has 10 nitrogen and oxygen atoms in total. The van der Waals surface area contributed by atoms with E-state index >= 15 is 0 Å². The van der Waals surface area contributed by atoms with Gasteiger partial charge >= 0.3 is 0 Å². The van der Waals surface area contributed by atoms with Crippen molar-refractivity contribution in [2.75, 3.05) is 0 Å². The van der Waals surface area contributed by atoms with E-state index in [1.807, 2.05) is 6.07 Å². The van der Waals surface area contributed by atoms with Gasteiger partial charge in [-0.3, -0.25) is 24.0 Å². The molecule has 1 amide bonds. The highest BCUT2D eigenvalue weighted by Crippen LogP contribution is 2.50. The minimum absolute atomic E-state index is 0.0149. The Hall–Kier alpha value is -3.42. The number of phenols is 1. The van der Waals surface area contributed by atoms with Crippen molar-refractivity contribution in [3.8, 4) is 11.8 Å². The van der Waals surface area contributed by atoms with Gasteiger partial charge in [-0.05, 0) is 24.0 Å². The zero-order valence-corrected chi connectivity index (χ0v) is 16.8. The van der Waals surface area contributed by atoms with Crippen molar-refractivity contribution in [1.29, 1.82) is 5.26 Å². The zero-order chi connectivity index (χ0) is 23.5. The van der Waals surface area contributed by atoms with Crippen molar-refractivity contribution >= 4 is 29.0 Å². The number of carbonyl (C=O) groups excluding carboxylic acids is 5. The molecule has 1 aromatic carbocycles. The lowest BCUT2D eigenvalue weighted by atomic mass is 9.52. The zero-order valence-electron chi connectivity index (χ0n) is 16.8. The predicted molar refractivity (Wildman–Crippen MR) is 104 cm³/mol. The fourth-order valence-corrected chi connectivity index (χ4v) is 5.39. The highest BCUT2D eigenvalue weighted by atomic mass is 16.3. The third kappa shape index (κ3) is 2.75. The summed E-state index contributed by atoms with van der Waals surface area (Å²) in [6.07, 6.45) is -1.95. The van der Waals surface area contributed by atoms with Crippen molar-refractivity contribution in [3.05, 3.63) is 28.8 Å². The Bertz CT molecular complexity index is 1140. The number of aromatic hydroxyl groups is 1. The van der Waals surface area contributed by atoms with Crippen LogP contribution in [-0.4, -0.2) is 56.1 Å². The van der Waals surface area contributed by atoms with Gasteiger partial charge in [0.15, 0.2) is 34.7 Å². The molecule has 2 fully saturated rings. The van der Waals surface area contributed by atoms with Gasteiger partial charge in [-0.15, -0.1) is 0 Å². The number of hydrogen-bond donors (Lipinski definition) is 4. The molecule has 166 valence electrons. The summed E-state index contributed by atoms with van der Waals surface area (Å²) in [6, 6.07) is 5.05. The molecule has 2 saturated carbocycles. The molecule has 0 saturated heterocycles. The number of fused-ring (bicyclic) bond motifs is 3. The van der Waals surface area contributed by atoms with Gasteiger partial charge < -0.3 is 21.1 Å². The summed E-state index contributed by atoms with van der Waals surface area (Å²) in [5.41, 5.74) is 2.74. The number of phenolic OH excluding ortho intramolecular Hbond substituents is 1. The van der Waals surface area contributed by atoms with Crippen molar-refractivity contribution in [2.45, 2.75) is 37.4 Å². The standard InChI is InChI=1S/C22H20N2O8/c23-5-1-2-8-3-4-9-6-10-14(18(28)13(9)16(8)26)19(29)22(32)11(17(10)27)7-12(25)15(20(22)30)21(24)31/h3-4,10-11,14-15,17,26-27,32H,1-2,6-7H2,(H2,24,31)/t10-,11-,14?,15?,17+,22+/m1/s1. The Balaban J connectivity index is 1.81. The van der Waals surface area contributed by atoms with E-state index in [0.717, 1.165) is 0 Å². The van der Waals surface area contributed by atoms with Crippen LogP contribution in [0.25, 0.3) is 0 Å². The van der Waals surface area contributed by atoms with Crippen LogP contribution >= 0.6 is 0 Å². The number of carbonyl (C=O) groups is 5. The molecule has 2 unspecified atom stereocenters. The molecule has 0 heterocycles. The average Bonchev–Trinajstić information content (AvgIpc) is 2.73. The second-order valence-corrected chi connectivity index (χ2v) is 8.57. The quantitative estimate of drug-likeness (QED) is 0.415. The summed E-state index contributed by atoms with van der Waals surface area (Å²) in [7, 11) is 0. The number of nitrogens with two attached hydrogens (primary N) is 1. The fraction of sp³-hybridized carbons (Fsp3) is 0.455. The number of nitriles is 1. The van der Waals surface area contributed by atoms with Crippen LogP contribution in [0.3, 0.4) is 0 Å². The van der Waals surface area contributed by atoms with Crippen LogP contribution in [0.5, 0.6) is 5.75 Å². The first-order valence-electron chi connectivity index (χ1n) is 10.1. The minimum Gasteiger partial charge on any atom is -0.507 e.